The van der Waals surface area contributed by atoms with Gasteiger partial charge in [-0.25, -0.2) is 4.39 Å². The minimum Gasteiger partial charge on any atom is -0.385 e. The Bertz CT molecular complexity index is 555. The van der Waals surface area contributed by atoms with Crippen LogP contribution in [0.1, 0.15) is 16.8 Å². The van der Waals surface area contributed by atoms with Crippen LogP contribution >= 0.6 is 23.2 Å². The first kappa shape index (κ1) is 18.7. The molecule has 0 aliphatic carbocycles. The summed E-state index contributed by atoms with van der Waals surface area (Å²) in [5.41, 5.74) is -0.0433. The Morgan fingerprint density at radius 2 is 2.00 bits per heavy atom. The van der Waals surface area contributed by atoms with Gasteiger partial charge in [-0.15, -0.1) is 0 Å². The minimum absolute atomic E-state index is 0.0313. The van der Waals surface area contributed by atoms with Gasteiger partial charge in [0.05, 0.1) is 22.2 Å². The van der Waals surface area contributed by atoms with Crippen molar-refractivity contribution < 1.29 is 18.7 Å². The highest BCUT2D eigenvalue weighted by Gasteiger charge is 2.19. The lowest BCUT2D eigenvalue weighted by molar-refractivity contribution is -0.121. The van der Waals surface area contributed by atoms with Crippen molar-refractivity contribution in [3.8, 4) is 0 Å². The molecular formula is C14H17Cl2FN2O3. The number of rotatable bonds is 7. The lowest BCUT2D eigenvalue weighted by Gasteiger charge is -2.17. The number of nitrogens with one attached hydrogen (secondary N) is 1. The van der Waals surface area contributed by atoms with Crippen LogP contribution in [0.15, 0.2) is 12.1 Å². The molecule has 22 heavy (non-hydrogen) atoms. The smallest absolute Gasteiger partial charge is 0.255 e. The predicted molar refractivity (Wildman–Crippen MR) is 82.9 cm³/mol. The Morgan fingerprint density at radius 3 is 2.64 bits per heavy atom. The number of ether oxygens (including phenoxy) is 1. The molecule has 0 spiro atoms. The van der Waals surface area contributed by atoms with Gasteiger partial charge < -0.3 is 15.0 Å². The molecule has 0 aliphatic rings. The van der Waals surface area contributed by atoms with Gasteiger partial charge in [0.1, 0.15) is 5.82 Å². The van der Waals surface area contributed by atoms with Crippen molar-refractivity contribution in [1.82, 2.24) is 10.2 Å². The van der Waals surface area contributed by atoms with Crippen LogP contribution in [0.2, 0.25) is 10.0 Å². The summed E-state index contributed by atoms with van der Waals surface area (Å²) in [4.78, 5) is 25.0. The van der Waals surface area contributed by atoms with Crippen LogP contribution in [0.25, 0.3) is 0 Å². The molecule has 0 radical (unpaired) electrons. The number of methoxy groups -OCH3 is 1. The van der Waals surface area contributed by atoms with Gasteiger partial charge in [-0.2, -0.15) is 0 Å². The number of benzene rings is 1. The van der Waals surface area contributed by atoms with Crippen LogP contribution in [-0.4, -0.2) is 50.6 Å². The third-order valence-electron chi connectivity index (χ3n) is 2.82. The van der Waals surface area contributed by atoms with Crippen molar-refractivity contribution in [3.63, 3.8) is 0 Å². The third-order valence-corrected chi connectivity index (χ3v) is 3.42. The molecule has 0 saturated carbocycles. The van der Waals surface area contributed by atoms with E-state index in [4.69, 9.17) is 27.9 Å². The molecule has 8 heteroatoms. The summed E-state index contributed by atoms with van der Waals surface area (Å²) in [7, 11) is 3.00. The fourth-order valence-corrected chi connectivity index (χ4v) is 2.14. The molecule has 0 unspecified atom stereocenters. The van der Waals surface area contributed by atoms with Gasteiger partial charge >= 0.3 is 0 Å². The van der Waals surface area contributed by atoms with Crippen molar-refractivity contribution >= 4 is 35.0 Å². The first-order valence-corrected chi connectivity index (χ1v) is 7.28. The quantitative estimate of drug-likeness (QED) is 0.606. The maximum atomic E-state index is 13.4. The summed E-state index contributed by atoms with van der Waals surface area (Å²) in [6.45, 7) is 0.826. The van der Waals surface area contributed by atoms with Gasteiger partial charge in [0.15, 0.2) is 0 Å². The highest BCUT2D eigenvalue weighted by atomic mass is 35.5. The van der Waals surface area contributed by atoms with Crippen LogP contribution in [-0.2, 0) is 9.53 Å². The average Bonchev–Trinajstić information content (AvgIpc) is 2.46. The first-order valence-electron chi connectivity index (χ1n) is 6.52. The molecule has 122 valence electrons. The normalized spacial score (nSPS) is 10.4. The van der Waals surface area contributed by atoms with Crippen molar-refractivity contribution in [2.24, 2.45) is 0 Å². The molecular weight excluding hydrogens is 334 g/mol. The molecule has 0 atom stereocenters. The average molecular weight is 351 g/mol. The molecule has 0 bridgehead atoms. The topological polar surface area (TPSA) is 58.6 Å². The number of hydrogen-bond acceptors (Lipinski definition) is 3. The molecule has 0 fully saturated rings. The van der Waals surface area contributed by atoms with E-state index in [1.54, 1.807) is 7.11 Å². The van der Waals surface area contributed by atoms with E-state index in [2.05, 4.69) is 5.32 Å². The molecule has 2 amide bonds. The molecule has 0 heterocycles. The van der Waals surface area contributed by atoms with Crippen molar-refractivity contribution in [3.05, 3.63) is 33.6 Å². The Balaban J connectivity index is 2.62. The van der Waals surface area contributed by atoms with E-state index in [0.717, 1.165) is 17.0 Å². The second kappa shape index (κ2) is 8.92. The Morgan fingerprint density at radius 1 is 1.32 bits per heavy atom. The molecule has 0 saturated heterocycles. The lowest BCUT2D eigenvalue weighted by Crippen LogP contribution is -2.39. The highest BCUT2D eigenvalue weighted by Crippen LogP contribution is 2.25. The highest BCUT2D eigenvalue weighted by molar-refractivity contribution is 6.36. The predicted octanol–water partition coefficient (Wildman–Crippen LogP) is 2.36. The number of hydrogen-bond donors (Lipinski definition) is 1. The zero-order valence-corrected chi connectivity index (χ0v) is 13.8. The van der Waals surface area contributed by atoms with E-state index in [1.165, 1.54) is 7.05 Å². The second-order valence-electron chi connectivity index (χ2n) is 4.60. The summed E-state index contributed by atoms with van der Waals surface area (Å²) < 4.78 is 18.3. The summed E-state index contributed by atoms with van der Waals surface area (Å²) in [5.74, 6) is -1.63. The Labute approximate surface area is 138 Å². The monoisotopic (exact) mass is 350 g/mol. The number of carbonyl (C=O) groups excluding carboxylic acids is 2. The second-order valence-corrected chi connectivity index (χ2v) is 5.42. The number of halogens is 3. The van der Waals surface area contributed by atoms with Crippen molar-refractivity contribution in [1.29, 1.82) is 0 Å². The maximum Gasteiger partial charge on any atom is 0.255 e. The summed E-state index contributed by atoms with van der Waals surface area (Å²) in [6, 6.07) is 2.12. The Kier molecular flexibility index (Phi) is 7.58. The van der Waals surface area contributed by atoms with Gasteiger partial charge in [0, 0.05) is 27.3 Å². The van der Waals surface area contributed by atoms with Gasteiger partial charge in [-0.05, 0) is 18.6 Å². The van der Waals surface area contributed by atoms with E-state index in [-0.39, 0.29) is 28.1 Å². The van der Waals surface area contributed by atoms with Crippen molar-refractivity contribution in [2.45, 2.75) is 6.42 Å². The molecule has 0 aliphatic heterocycles. The minimum atomic E-state index is -0.744. The summed E-state index contributed by atoms with van der Waals surface area (Å²) in [6.07, 6.45) is 0.675. The molecule has 1 aromatic rings. The van der Waals surface area contributed by atoms with Crippen LogP contribution in [0, 0.1) is 5.82 Å². The Hall–Kier alpha value is -1.37. The SMILES string of the molecule is COCCCNC(=O)CN(C)C(=O)c1cc(F)c(Cl)cc1Cl. The van der Waals surface area contributed by atoms with E-state index >= 15 is 0 Å². The number of amides is 2. The fourth-order valence-electron chi connectivity index (χ4n) is 1.68. The zero-order valence-electron chi connectivity index (χ0n) is 12.3. The van der Waals surface area contributed by atoms with E-state index in [1.807, 2.05) is 0 Å². The first-order chi connectivity index (χ1) is 10.4. The van der Waals surface area contributed by atoms with E-state index < -0.39 is 11.7 Å². The van der Waals surface area contributed by atoms with Gasteiger partial charge in [0.25, 0.3) is 5.91 Å². The van der Waals surface area contributed by atoms with Gasteiger partial charge in [0.2, 0.25) is 5.91 Å². The number of likely N-dealkylation sites (N-methyl/N-ethyl adjacent to an activating group) is 1. The standard InChI is InChI=1S/C14H17Cl2FN2O3/c1-19(8-13(20)18-4-3-5-22-2)14(21)9-6-12(17)11(16)7-10(9)15/h6-7H,3-5,8H2,1-2H3,(H,18,20). The fraction of sp³-hybridized carbons (Fsp3) is 0.429. The summed E-state index contributed by atoms with van der Waals surface area (Å²) >= 11 is 11.5. The van der Waals surface area contributed by atoms with E-state index in [0.29, 0.717) is 19.6 Å². The summed E-state index contributed by atoms with van der Waals surface area (Å²) in [5, 5.41) is 2.51. The molecule has 5 nitrogen and oxygen atoms in total. The third kappa shape index (κ3) is 5.44. The molecule has 1 aromatic carbocycles. The zero-order chi connectivity index (χ0) is 16.7. The van der Waals surface area contributed by atoms with Gasteiger partial charge in [-0.3, -0.25) is 9.59 Å². The van der Waals surface area contributed by atoms with Crippen LogP contribution in [0.5, 0.6) is 0 Å². The lowest BCUT2D eigenvalue weighted by atomic mass is 10.2. The van der Waals surface area contributed by atoms with Gasteiger partial charge in [-0.1, -0.05) is 23.2 Å². The van der Waals surface area contributed by atoms with E-state index in [9.17, 15) is 14.0 Å². The van der Waals surface area contributed by atoms with Crippen LogP contribution in [0.3, 0.4) is 0 Å². The molecule has 0 aromatic heterocycles. The number of carbonyl (C=O) groups is 2. The van der Waals surface area contributed by atoms with Crippen LogP contribution in [0.4, 0.5) is 4.39 Å². The largest absolute Gasteiger partial charge is 0.385 e. The molecule has 1 rings (SSSR count). The van der Waals surface area contributed by atoms with Crippen molar-refractivity contribution in [2.75, 3.05) is 33.9 Å². The molecule has 1 N–H and O–H groups in total. The maximum absolute atomic E-state index is 13.4. The van der Waals surface area contributed by atoms with Crippen LogP contribution < -0.4 is 5.32 Å². The number of nitrogens with zero attached hydrogens (tertiary/aromatic N) is 1.